The Bertz CT molecular complexity index is 205. The second-order valence-electron chi connectivity index (χ2n) is 5.80. The number of carbonyl (C=O) groups excluding carboxylic acids is 2. The first-order valence-corrected chi connectivity index (χ1v) is 6.95. The molecule has 0 radical (unpaired) electrons. The quantitative estimate of drug-likeness (QED) is 0.574. The lowest BCUT2D eigenvalue weighted by Gasteiger charge is -2.05. The van der Waals surface area contributed by atoms with E-state index in [1.807, 2.05) is 0 Å². The Morgan fingerprint density at radius 3 is 1.35 bits per heavy atom. The Balaban J connectivity index is 3.49. The number of carbonyl (C=O) groups is 2. The molecule has 0 N–H and O–H groups in total. The molecule has 2 nitrogen and oxygen atoms in total. The summed E-state index contributed by atoms with van der Waals surface area (Å²) in [6.07, 6.45) is 5.21. The summed E-state index contributed by atoms with van der Waals surface area (Å²) in [6, 6.07) is 0. The Kier molecular flexibility index (Phi) is 9.01. The van der Waals surface area contributed by atoms with E-state index in [0.29, 0.717) is 49.1 Å². The summed E-state index contributed by atoms with van der Waals surface area (Å²) >= 11 is 0. The van der Waals surface area contributed by atoms with Crippen LogP contribution in [0.4, 0.5) is 0 Å². The second-order valence-corrected chi connectivity index (χ2v) is 5.80. The molecule has 0 amide bonds. The van der Waals surface area contributed by atoms with Crippen molar-refractivity contribution in [3.8, 4) is 0 Å². The van der Waals surface area contributed by atoms with Crippen molar-refractivity contribution < 1.29 is 9.59 Å². The summed E-state index contributed by atoms with van der Waals surface area (Å²) in [5.41, 5.74) is 0. The van der Waals surface area contributed by atoms with Crippen molar-refractivity contribution in [2.45, 2.75) is 72.6 Å². The molecular weight excluding hydrogens is 212 g/mol. The molecule has 0 saturated heterocycles. The van der Waals surface area contributed by atoms with Crippen LogP contribution in [0, 0.1) is 11.8 Å². The van der Waals surface area contributed by atoms with Gasteiger partial charge in [-0.2, -0.15) is 0 Å². The molecule has 0 aliphatic rings. The van der Waals surface area contributed by atoms with Gasteiger partial charge in [-0.25, -0.2) is 0 Å². The third-order valence-electron chi connectivity index (χ3n) is 2.91. The molecule has 0 atom stereocenters. The van der Waals surface area contributed by atoms with Gasteiger partial charge in [-0.15, -0.1) is 0 Å². The highest BCUT2D eigenvalue weighted by atomic mass is 16.1. The van der Waals surface area contributed by atoms with Gasteiger partial charge in [0.05, 0.1) is 0 Å². The lowest BCUT2D eigenvalue weighted by Crippen LogP contribution is -2.04. The summed E-state index contributed by atoms with van der Waals surface area (Å²) in [5, 5.41) is 0. The lowest BCUT2D eigenvalue weighted by atomic mass is 10.00. The lowest BCUT2D eigenvalue weighted by molar-refractivity contribution is -0.120. The topological polar surface area (TPSA) is 34.1 Å². The van der Waals surface area contributed by atoms with Gasteiger partial charge in [0, 0.05) is 25.7 Å². The largest absolute Gasteiger partial charge is 0.300 e. The monoisotopic (exact) mass is 240 g/mol. The van der Waals surface area contributed by atoms with Gasteiger partial charge in [-0.1, -0.05) is 27.7 Å². The third-order valence-corrected chi connectivity index (χ3v) is 2.91. The summed E-state index contributed by atoms with van der Waals surface area (Å²) in [5.74, 6) is 1.81. The van der Waals surface area contributed by atoms with Gasteiger partial charge in [0.1, 0.15) is 11.6 Å². The molecule has 0 unspecified atom stereocenters. The molecule has 0 spiro atoms. The molecule has 0 rings (SSSR count). The van der Waals surface area contributed by atoms with E-state index < -0.39 is 0 Å². The minimum atomic E-state index is 0.315. The molecule has 2 heteroatoms. The van der Waals surface area contributed by atoms with Gasteiger partial charge in [-0.3, -0.25) is 9.59 Å². The highest BCUT2D eigenvalue weighted by Crippen LogP contribution is 2.10. The van der Waals surface area contributed by atoms with E-state index in [0.717, 1.165) is 19.3 Å². The maximum absolute atomic E-state index is 11.5. The van der Waals surface area contributed by atoms with Crippen LogP contribution in [-0.2, 0) is 9.59 Å². The van der Waals surface area contributed by atoms with E-state index in [4.69, 9.17) is 0 Å². The Morgan fingerprint density at radius 2 is 1.06 bits per heavy atom. The van der Waals surface area contributed by atoms with E-state index in [2.05, 4.69) is 27.7 Å². The Morgan fingerprint density at radius 1 is 0.706 bits per heavy atom. The van der Waals surface area contributed by atoms with Crippen LogP contribution in [0.5, 0.6) is 0 Å². The molecule has 0 aliphatic carbocycles. The van der Waals surface area contributed by atoms with Crippen molar-refractivity contribution >= 4 is 11.6 Å². The fraction of sp³-hybridized carbons (Fsp3) is 0.867. The number of Topliss-reactive ketones (excluding diaryl/α,β-unsaturated/α-hetero) is 2. The van der Waals surface area contributed by atoms with Crippen molar-refractivity contribution in [3.05, 3.63) is 0 Å². The smallest absolute Gasteiger partial charge is 0.132 e. The fourth-order valence-electron chi connectivity index (χ4n) is 1.63. The molecule has 0 fully saturated rings. The number of hydrogen-bond donors (Lipinski definition) is 0. The van der Waals surface area contributed by atoms with Crippen LogP contribution in [0.2, 0.25) is 0 Å². The molecule has 17 heavy (non-hydrogen) atoms. The van der Waals surface area contributed by atoms with Gasteiger partial charge in [0.2, 0.25) is 0 Å². The van der Waals surface area contributed by atoms with Crippen LogP contribution in [0.15, 0.2) is 0 Å². The SMILES string of the molecule is CC(C)CCC(=O)CCCC(=O)CCC(C)C. The van der Waals surface area contributed by atoms with Crippen molar-refractivity contribution in [1.82, 2.24) is 0 Å². The van der Waals surface area contributed by atoms with Crippen LogP contribution in [0.3, 0.4) is 0 Å². The zero-order valence-corrected chi connectivity index (χ0v) is 11.9. The van der Waals surface area contributed by atoms with Crippen LogP contribution >= 0.6 is 0 Å². The van der Waals surface area contributed by atoms with Gasteiger partial charge < -0.3 is 0 Å². The van der Waals surface area contributed by atoms with Crippen molar-refractivity contribution in [2.75, 3.05) is 0 Å². The van der Waals surface area contributed by atoms with Crippen molar-refractivity contribution in [3.63, 3.8) is 0 Å². The predicted molar refractivity (Wildman–Crippen MR) is 72.0 cm³/mol. The van der Waals surface area contributed by atoms with Gasteiger partial charge in [-0.05, 0) is 31.1 Å². The van der Waals surface area contributed by atoms with E-state index in [1.54, 1.807) is 0 Å². The molecule has 0 aromatic rings. The van der Waals surface area contributed by atoms with Crippen LogP contribution < -0.4 is 0 Å². The van der Waals surface area contributed by atoms with Crippen molar-refractivity contribution in [2.24, 2.45) is 11.8 Å². The molecular formula is C15H28O2. The normalized spacial score (nSPS) is 11.2. The molecule has 0 aromatic carbocycles. The summed E-state index contributed by atoms with van der Waals surface area (Å²) < 4.78 is 0. The third kappa shape index (κ3) is 11.6. The average molecular weight is 240 g/mol. The second kappa shape index (κ2) is 9.38. The average Bonchev–Trinajstić information content (AvgIpc) is 2.23. The molecule has 0 bridgehead atoms. The van der Waals surface area contributed by atoms with E-state index in [-0.39, 0.29) is 0 Å². The zero-order valence-electron chi connectivity index (χ0n) is 11.9. The zero-order chi connectivity index (χ0) is 13.3. The first-order chi connectivity index (χ1) is 7.91. The molecule has 0 saturated carbocycles. The summed E-state index contributed by atoms with van der Waals surface area (Å²) in [6.45, 7) is 8.51. The van der Waals surface area contributed by atoms with Crippen LogP contribution in [0.1, 0.15) is 72.6 Å². The van der Waals surface area contributed by atoms with Gasteiger partial charge in [0.25, 0.3) is 0 Å². The predicted octanol–water partition coefficient (Wildman–Crippen LogP) is 4.17. The summed E-state index contributed by atoms with van der Waals surface area (Å²) in [7, 11) is 0. The number of ketones is 2. The molecule has 0 aromatic heterocycles. The Labute approximate surface area is 106 Å². The van der Waals surface area contributed by atoms with Gasteiger partial charge in [0.15, 0.2) is 0 Å². The van der Waals surface area contributed by atoms with Crippen LogP contribution in [-0.4, -0.2) is 11.6 Å². The van der Waals surface area contributed by atoms with E-state index in [1.165, 1.54) is 0 Å². The van der Waals surface area contributed by atoms with E-state index >= 15 is 0 Å². The number of rotatable bonds is 10. The standard InChI is InChI=1S/C15H28O2/c1-12(2)8-10-14(16)6-5-7-15(17)11-9-13(3)4/h12-13H,5-11H2,1-4H3. The molecule has 0 heterocycles. The number of hydrogen-bond acceptors (Lipinski definition) is 2. The Hall–Kier alpha value is -0.660. The first kappa shape index (κ1) is 16.3. The minimum Gasteiger partial charge on any atom is -0.300 e. The maximum atomic E-state index is 11.5. The highest BCUT2D eigenvalue weighted by molar-refractivity contribution is 5.81. The minimum absolute atomic E-state index is 0.315. The maximum Gasteiger partial charge on any atom is 0.132 e. The molecule has 0 aliphatic heterocycles. The van der Waals surface area contributed by atoms with Crippen molar-refractivity contribution in [1.29, 1.82) is 0 Å². The first-order valence-electron chi connectivity index (χ1n) is 6.95. The van der Waals surface area contributed by atoms with Crippen LogP contribution in [0.25, 0.3) is 0 Å². The highest BCUT2D eigenvalue weighted by Gasteiger charge is 2.07. The van der Waals surface area contributed by atoms with E-state index in [9.17, 15) is 9.59 Å². The summed E-state index contributed by atoms with van der Waals surface area (Å²) in [4.78, 5) is 23.0. The molecule has 100 valence electrons. The fourth-order valence-corrected chi connectivity index (χ4v) is 1.63. The van der Waals surface area contributed by atoms with Gasteiger partial charge >= 0.3 is 0 Å².